The van der Waals surface area contributed by atoms with Crippen LogP contribution < -0.4 is 30.8 Å². The molecule has 11 nitrogen and oxygen atoms in total. The van der Waals surface area contributed by atoms with Gasteiger partial charge in [0.25, 0.3) is 11.5 Å². The highest BCUT2D eigenvalue weighted by atomic mass is 16.6. The molecular weight excluding hydrogens is 442 g/mol. The number of aryl methyl sites for hydroxylation is 1. The molecule has 0 unspecified atom stereocenters. The molecule has 1 saturated heterocycles. The Hall–Kier alpha value is -4.41. The van der Waals surface area contributed by atoms with E-state index in [1.807, 2.05) is 0 Å². The lowest BCUT2D eigenvalue weighted by Gasteiger charge is -2.22. The molecule has 2 aliphatic heterocycles. The number of nitrogens with one attached hydrogen (secondary N) is 2. The fourth-order valence-electron chi connectivity index (χ4n) is 4.08. The molecule has 2 aromatic carbocycles. The maximum Gasteiger partial charge on any atom is 0.290 e. The van der Waals surface area contributed by atoms with Crippen LogP contribution in [0.1, 0.15) is 16.9 Å². The minimum Gasteiger partial charge on any atom is -0.486 e. The molecule has 3 heterocycles. The Bertz CT molecular complexity index is 1380. The van der Waals surface area contributed by atoms with Gasteiger partial charge in [0.15, 0.2) is 17.2 Å². The molecule has 1 fully saturated rings. The van der Waals surface area contributed by atoms with Crippen LogP contribution >= 0.6 is 0 Å². The molecule has 11 heteroatoms. The molecular formula is C23H21N5O6. The average Bonchev–Trinajstić information content (AvgIpc) is 3.26. The van der Waals surface area contributed by atoms with Crippen LogP contribution in [0.3, 0.4) is 0 Å². The lowest BCUT2D eigenvalue weighted by Crippen LogP contribution is -2.45. The van der Waals surface area contributed by atoms with Crippen LogP contribution in [-0.4, -0.2) is 47.3 Å². The largest absolute Gasteiger partial charge is 0.486 e. The second kappa shape index (κ2) is 8.50. The van der Waals surface area contributed by atoms with Gasteiger partial charge in [0.1, 0.15) is 13.2 Å². The van der Waals surface area contributed by atoms with Crippen molar-refractivity contribution >= 4 is 34.2 Å². The summed E-state index contributed by atoms with van der Waals surface area (Å²) in [5, 5.41) is 4.75. The molecule has 0 saturated carbocycles. The first-order chi connectivity index (χ1) is 16.4. The highest BCUT2D eigenvalue weighted by Crippen LogP contribution is 2.35. The molecule has 34 heavy (non-hydrogen) atoms. The summed E-state index contributed by atoms with van der Waals surface area (Å²) in [6.45, 7) is 1.05. The minimum atomic E-state index is -0.673. The topological polar surface area (TPSA) is 132 Å². The third kappa shape index (κ3) is 3.81. The Labute approximate surface area is 193 Å². The summed E-state index contributed by atoms with van der Waals surface area (Å²) in [5.74, 6) is -0.893. The van der Waals surface area contributed by atoms with Gasteiger partial charge in [-0.1, -0.05) is 18.2 Å². The molecule has 0 spiro atoms. The van der Waals surface area contributed by atoms with E-state index in [0.29, 0.717) is 41.2 Å². The molecule has 0 radical (unpaired) electrons. The zero-order valence-electron chi connectivity index (χ0n) is 18.2. The SMILES string of the molecule is Cn1nc(C(=O)NNC(=O)[C@@H]2CC(=O)N(c3ccc4c(c3)OCCO4)C2)c2ccccc2c1=O. The van der Waals surface area contributed by atoms with E-state index in [0.717, 1.165) is 4.68 Å². The maximum atomic E-state index is 12.7. The first kappa shape index (κ1) is 21.4. The van der Waals surface area contributed by atoms with Gasteiger partial charge < -0.3 is 14.4 Å². The first-order valence-electron chi connectivity index (χ1n) is 10.7. The number of hydrazine groups is 1. The number of nitrogens with zero attached hydrogens (tertiary/aromatic N) is 3. The molecule has 1 aromatic heterocycles. The number of carbonyl (C=O) groups excluding carboxylic acids is 3. The van der Waals surface area contributed by atoms with Crippen LogP contribution in [0.5, 0.6) is 11.5 Å². The Morgan fingerprint density at radius 2 is 1.74 bits per heavy atom. The molecule has 0 aliphatic carbocycles. The fraction of sp³-hybridized carbons (Fsp3) is 0.261. The fourth-order valence-corrected chi connectivity index (χ4v) is 4.08. The molecule has 2 aliphatic rings. The molecule has 0 bridgehead atoms. The molecule has 2 N–H and O–H groups in total. The van der Waals surface area contributed by atoms with Crippen LogP contribution in [-0.2, 0) is 16.6 Å². The van der Waals surface area contributed by atoms with E-state index in [1.54, 1.807) is 42.5 Å². The number of anilines is 1. The molecule has 174 valence electrons. The van der Waals surface area contributed by atoms with Crippen molar-refractivity contribution in [2.24, 2.45) is 13.0 Å². The van der Waals surface area contributed by atoms with Crippen molar-refractivity contribution in [3.8, 4) is 11.5 Å². The zero-order chi connectivity index (χ0) is 23.8. The summed E-state index contributed by atoms with van der Waals surface area (Å²) in [4.78, 5) is 51.7. The van der Waals surface area contributed by atoms with Crippen molar-refractivity contribution in [1.29, 1.82) is 0 Å². The van der Waals surface area contributed by atoms with E-state index in [-0.39, 0.29) is 30.1 Å². The third-order valence-electron chi connectivity index (χ3n) is 5.80. The molecule has 3 aromatic rings. The van der Waals surface area contributed by atoms with E-state index in [2.05, 4.69) is 16.0 Å². The normalized spacial score (nSPS) is 17.0. The predicted molar refractivity (Wildman–Crippen MR) is 120 cm³/mol. The summed E-state index contributed by atoms with van der Waals surface area (Å²) in [6, 6.07) is 11.8. The number of amides is 3. The van der Waals surface area contributed by atoms with Gasteiger partial charge in [-0.3, -0.25) is 30.0 Å². The maximum absolute atomic E-state index is 12.7. The zero-order valence-corrected chi connectivity index (χ0v) is 18.2. The van der Waals surface area contributed by atoms with Crippen molar-refractivity contribution in [2.45, 2.75) is 6.42 Å². The van der Waals surface area contributed by atoms with Gasteiger partial charge in [-0.25, -0.2) is 4.68 Å². The second-order valence-electron chi connectivity index (χ2n) is 8.00. The van der Waals surface area contributed by atoms with Gasteiger partial charge in [-0.05, 0) is 18.2 Å². The van der Waals surface area contributed by atoms with Gasteiger partial charge in [0.05, 0.1) is 11.3 Å². The summed E-state index contributed by atoms with van der Waals surface area (Å²) >= 11 is 0. The first-order valence-corrected chi connectivity index (χ1v) is 10.7. The number of rotatable bonds is 3. The highest BCUT2D eigenvalue weighted by Gasteiger charge is 2.36. The minimum absolute atomic E-state index is 0.00148. The Kier molecular flexibility index (Phi) is 5.36. The van der Waals surface area contributed by atoms with Crippen LogP contribution in [0.4, 0.5) is 5.69 Å². The number of aromatic nitrogens is 2. The van der Waals surface area contributed by atoms with Crippen molar-refractivity contribution in [3.05, 3.63) is 58.5 Å². The van der Waals surface area contributed by atoms with Crippen LogP contribution in [0.25, 0.3) is 10.8 Å². The van der Waals surface area contributed by atoms with Crippen molar-refractivity contribution in [3.63, 3.8) is 0 Å². The number of hydrogen-bond donors (Lipinski definition) is 2. The van der Waals surface area contributed by atoms with Gasteiger partial charge in [0, 0.05) is 37.2 Å². The summed E-state index contributed by atoms with van der Waals surface area (Å²) in [5.41, 5.74) is 4.99. The lowest BCUT2D eigenvalue weighted by molar-refractivity contribution is -0.126. The Morgan fingerprint density at radius 3 is 2.53 bits per heavy atom. The van der Waals surface area contributed by atoms with Crippen LogP contribution in [0.2, 0.25) is 0 Å². The smallest absolute Gasteiger partial charge is 0.290 e. The molecule has 3 amide bonds. The molecule has 1 atom stereocenters. The van der Waals surface area contributed by atoms with Gasteiger partial charge in [0.2, 0.25) is 11.8 Å². The van der Waals surface area contributed by atoms with Crippen LogP contribution in [0, 0.1) is 5.92 Å². The Balaban J connectivity index is 1.27. The second-order valence-corrected chi connectivity index (χ2v) is 8.00. The van der Waals surface area contributed by atoms with Crippen LogP contribution in [0.15, 0.2) is 47.3 Å². The Morgan fingerprint density at radius 1 is 1.00 bits per heavy atom. The van der Waals surface area contributed by atoms with E-state index in [4.69, 9.17) is 9.47 Å². The van der Waals surface area contributed by atoms with Gasteiger partial charge in [-0.15, -0.1) is 0 Å². The average molecular weight is 463 g/mol. The lowest BCUT2D eigenvalue weighted by atomic mass is 10.1. The standard InChI is InChI=1S/C23H21N5O6/c1-27-23(32)16-5-3-2-4-15(16)20(26-27)22(31)25-24-21(30)13-10-19(29)28(12-13)14-6-7-17-18(11-14)34-9-8-33-17/h2-7,11,13H,8-10,12H2,1H3,(H,24,30)(H,25,31)/t13-/m1/s1. The van der Waals surface area contributed by atoms with Crippen molar-refractivity contribution in [2.75, 3.05) is 24.7 Å². The van der Waals surface area contributed by atoms with E-state index in [9.17, 15) is 19.2 Å². The monoisotopic (exact) mass is 463 g/mol. The number of carbonyl (C=O) groups is 3. The summed E-state index contributed by atoms with van der Waals surface area (Å²) in [6.07, 6.45) is -0.00281. The number of hydrogen-bond acceptors (Lipinski definition) is 7. The number of ether oxygens (including phenoxy) is 2. The number of fused-ring (bicyclic) bond motifs is 2. The summed E-state index contributed by atoms with van der Waals surface area (Å²) in [7, 11) is 1.45. The number of benzene rings is 2. The predicted octanol–water partition coefficient (Wildman–Crippen LogP) is 0.519. The van der Waals surface area contributed by atoms with E-state index in [1.165, 1.54) is 11.9 Å². The van der Waals surface area contributed by atoms with Crippen molar-refractivity contribution < 1.29 is 23.9 Å². The van der Waals surface area contributed by atoms with E-state index < -0.39 is 17.7 Å². The summed E-state index contributed by atoms with van der Waals surface area (Å²) < 4.78 is 12.1. The van der Waals surface area contributed by atoms with E-state index >= 15 is 0 Å². The molecule has 5 rings (SSSR count). The van der Waals surface area contributed by atoms with Gasteiger partial charge >= 0.3 is 0 Å². The third-order valence-corrected chi connectivity index (χ3v) is 5.80. The quantitative estimate of drug-likeness (QED) is 0.541. The van der Waals surface area contributed by atoms with Crippen molar-refractivity contribution in [1.82, 2.24) is 20.6 Å². The highest BCUT2D eigenvalue weighted by molar-refractivity contribution is 6.06. The van der Waals surface area contributed by atoms with Gasteiger partial charge in [-0.2, -0.15) is 5.10 Å².